The molecule has 0 saturated heterocycles. The van der Waals surface area contributed by atoms with E-state index in [-0.39, 0.29) is 12.3 Å². The van der Waals surface area contributed by atoms with Gasteiger partial charge in [0.15, 0.2) is 4.77 Å². The first-order valence-electron chi connectivity index (χ1n) is 8.23. The summed E-state index contributed by atoms with van der Waals surface area (Å²) in [6.45, 7) is 1.03. The number of hydrogen-bond donors (Lipinski definition) is 2. The Morgan fingerprint density at radius 3 is 2.58 bits per heavy atom. The molecule has 6 nitrogen and oxygen atoms in total. The van der Waals surface area contributed by atoms with Crippen LogP contribution in [0.1, 0.15) is 17.0 Å². The SMILES string of the molecule is COc1ccc(CNC(=O)Cc2n[nH]c(=S)n2Cc2ccccc2)cc1. The Bertz CT molecular complexity index is 917. The summed E-state index contributed by atoms with van der Waals surface area (Å²) in [5.74, 6) is 1.30. The lowest BCUT2D eigenvalue weighted by Crippen LogP contribution is -2.26. The summed E-state index contributed by atoms with van der Waals surface area (Å²) in [6, 6.07) is 17.5. The number of methoxy groups -OCH3 is 1. The lowest BCUT2D eigenvalue weighted by atomic mass is 10.2. The van der Waals surface area contributed by atoms with Crippen molar-refractivity contribution in [2.24, 2.45) is 0 Å². The fourth-order valence-corrected chi connectivity index (χ4v) is 2.78. The molecule has 1 heterocycles. The Balaban J connectivity index is 1.61. The molecule has 3 rings (SSSR count). The number of rotatable bonds is 7. The molecule has 3 aromatic rings. The number of nitrogens with one attached hydrogen (secondary N) is 2. The van der Waals surface area contributed by atoms with Gasteiger partial charge < -0.3 is 10.1 Å². The van der Waals surface area contributed by atoms with E-state index in [1.807, 2.05) is 59.2 Å². The van der Waals surface area contributed by atoms with Crippen molar-refractivity contribution in [2.75, 3.05) is 7.11 Å². The lowest BCUT2D eigenvalue weighted by molar-refractivity contribution is -0.120. The third-order valence-electron chi connectivity index (χ3n) is 3.99. The minimum atomic E-state index is -0.107. The summed E-state index contributed by atoms with van der Waals surface area (Å²) in [4.78, 5) is 12.3. The zero-order valence-corrected chi connectivity index (χ0v) is 15.3. The van der Waals surface area contributed by atoms with E-state index < -0.39 is 0 Å². The van der Waals surface area contributed by atoms with Gasteiger partial charge in [-0.3, -0.25) is 14.5 Å². The molecule has 0 unspecified atom stereocenters. The third-order valence-corrected chi connectivity index (χ3v) is 4.30. The quantitative estimate of drug-likeness (QED) is 0.629. The first kappa shape index (κ1) is 17.9. The van der Waals surface area contributed by atoms with E-state index in [1.54, 1.807) is 7.11 Å². The molecule has 2 aromatic carbocycles. The third kappa shape index (κ3) is 4.58. The Hall–Kier alpha value is -2.93. The van der Waals surface area contributed by atoms with E-state index in [4.69, 9.17) is 17.0 Å². The van der Waals surface area contributed by atoms with E-state index in [9.17, 15) is 4.79 Å². The van der Waals surface area contributed by atoms with Crippen LogP contribution in [0.3, 0.4) is 0 Å². The second kappa shape index (κ2) is 8.44. The van der Waals surface area contributed by atoms with Crippen LogP contribution in [0.5, 0.6) is 5.75 Å². The summed E-state index contributed by atoms with van der Waals surface area (Å²) in [5, 5.41) is 9.87. The standard InChI is InChI=1S/C19H20N4O2S/c1-25-16-9-7-14(8-10-16)12-20-18(24)11-17-21-22-19(26)23(17)13-15-5-3-2-4-6-15/h2-10H,11-13H2,1H3,(H,20,24)(H,22,26). The zero-order valence-electron chi connectivity index (χ0n) is 14.4. The Labute approximate surface area is 156 Å². The van der Waals surface area contributed by atoms with Crippen molar-refractivity contribution >= 4 is 18.1 Å². The maximum Gasteiger partial charge on any atom is 0.227 e. The fraction of sp³-hybridized carbons (Fsp3) is 0.211. The molecule has 26 heavy (non-hydrogen) atoms. The van der Waals surface area contributed by atoms with Crippen molar-refractivity contribution in [1.82, 2.24) is 20.1 Å². The summed E-state index contributed by atoms with van der Waals surface area (Å²) in [7, 11) is 1.62. The number of aromatic nitrogens is 3. The number of aromatic amines is 1. The van der Waals surface area contributed by atoms with Crippen molar-refractivity contribution < 1.29 is 9.53 Å². The molecular weight excluding hydrogens is 348 g/mol. The molecule has 0 saturated carbocycles. The van der Waals surface area contributed by atoms with Crippen molar-refractivity contribution in [3.8, 4) is 5.75 Å². The molecule has 0 atom stereocenters. The highest BCUT2D eigenvalue weighted by Gasteiger charge is 2.11. The molecule has 0 spiro atoms. The first-order valence-corrected chi connectivity index (χ1v) is 8.64. The molecule has 1 amide bonds. The Kier molecular flexibility index (Phi) is 5.80. The average molecular weight is 368 g/mol. The number of amides is 1. The number of benzene rings is 2. The molecular formula is C19H20N4O2S. The Morgan fingerprint density at radius 2 is 1.88 bits per heavy atom. The van der Waals surface area contributed by atoms with Crippen LogP contribution in [0.25, 0.3) is 0 Å². The smallest absolute Gasteiger partial charge is 0.227 e. The highest BCUT2D eigenvalue weighted by atomic mass is 32.1. The van der Waals surface area contributed by atoms with E-state index >= 15 is 0 Å². The fourth-order valence-electron chi connectivity index (χ4n) is 2.56. The van der Waals surface area contributed by atoms with E-state index in [1.165, 1.54) is 0 Å². The Morgan fingerprint density at radius 1 is 1.15 bits per heavy atom. The van der Waals surface area contributed by atoms with Crippen LogP contribution in [-0.4, -0.2) is 27.8 Å². The summed E-state index contributed by atoms with van der Waals surface area (Å²) in [6.07, 6.45) is 0.163. The zero-order chi connectivity index (χ0) is 18.4. The summed E-state index contributed by atoms with van der Waals surface area (Å²) in [5.41, 5.74) is 2.10. The number of nitrogens with zero attached hydrogens (tertiary/aromatic N) is 2. The normalized spacial score (nSPS) is 10.5. The van der Waals surface area contributed by atoms with Crippen LogP contribution in [0.4, 0.5) is 0 Å². The van der Waals surface area contributed by atoms with Gasteiger partial charge in [0, 0.05) is 6.54 Å². The number of ether oxygens (including phenoxy) is 1. The molecule has 0 aliphatic carbocycles. The van der Waals surface area contributed by atoms with Crippen LogP contribution >= 0.6 is 12.2 Å². The van der Waals surface area contributed by atoms with Crippen molar-refractivity contribution in [3.05, 3.63) is 76.3 Å². The number of carbonyl (C=O) groups excluding carboxylic acids is 1. The lowest BCUT2D eigenvalue weighted by Gasteiger charge is -2.08. The molecule has 0 radical (unpaired) electrons. The molecule has 7 heteroatoms. The summed E-state index contributed by atoms with van der Waals surface area (Å²) < 4.78 is 7.48. The van der Waals surface area contributed by atoms with Gasteiger partial charge in [-0.1, -0.05) is 42.5 Å². The molecule has 0 aliphatic rings. The van der Waals surface area contributed by atoms with Crippen LogP contribution in [0, 0.1) is 4.77 Å². The van der Waals surface area contributed by atoms with Crippen molar-refractivity contribution in [1.29, 1.82) is 0 Å². The maximum absolute atomic E-state index is 12.3. The minimum Gasteiger partial charge on any atom is -0.497 e. The molecule has 0 aliphatic heterocycles. The van der Waals surface area contributed by atoms with Crippen molar-refractivity contribution in [3.63, 3.8) is 0 Å². The van der Waals surface area contributed by atoms with Gasteiger partial charge in [-0.05, 0) is 35.5 Å². The number of hydrogen-bond acceptors (Lipinski definition) is 4. The second-order valence-electron chi connectivity index (χ2n) is 5.82. The minimum absolute atomic E-state index is 0.107. The predicted octanol–water partition coefficient (Wildman–Crippen LogP) is 2.86. The predicted molar refractivity (Wildman–Crippen MR) is 102 cm³/mol. The highest BCUT2D eigenvalue weighted by molar-refractivity contribution is 7.71. The van der Waals surface area contributed by atoms with Crippen LogP contribution < -0.4 is 10.1 Å². The van der Waals surface area contributed by atoms with Gasteiger partial charge in [0.2, 0.25) is 5.91 Å². The van der Waals surface area contributed by atoms with Gasteiger partial charge in [0.25, 0.3) is 0 Å². The summed E-state index contributed by atoms with van der Waals surface area (Å²) >= 11 is 5.29. The van der Waals surface area contributed by atoms with Crippen LogP contribution in [0.15, 0.2) is 54.6 Å². The van der Waals surface area contributed by atoms with Gasteiger partial charge in [0.05, 0.1) is 20.1 Å². The van der Waals surface area contributed by atoms with Gasteiger partial charge in [0.1, 0.15) is 11.6 Å². The maximum atomic E-state index is 12.3. The highest BCUT2D eigenvalue weighted by Crippen LogP contribution is 2.11. The van der Waals surface area contributed by atoms with Crippen LogP contribution in [0.2, 0.25) is 0 Å². The van der Waals surface area contributed by atoms with E-state index in [0.29, 0.717) is 23.7 Å². The van der Waals surface area contributed by atoms with E-state index in [0.717, 1.165) is 16.9 Å². The molecule has 134 valence electrons. The van der Waals surface area contributed by atoms with Gasteiger partial charge >= 0.3 is 0 Å². The molecule has 1 aromatic heterocycles. The number of H-pyrrole nitrogens is 1. The molecule has 0 bridgehead atoms. The van der Waals surface area contributed by atoms with Crippen LogP contribution in [-0.2, 0) is 24.3 Å². The topological polar surface area (TPSA) is 71.9 Å². The number of carbonyl (C=O) groups is 1. The van der Waals surface area contributed by atoms with Gasteiger partial charge in [-0.2, -0.15) is 5.10 Å². The first-order chi connectivity index (χ1) is 12.7. The van der Waals surface area contributed by atoms with Gasteiger partial charge in [-0.15, -0.1) is 0 Å². The molecule has 2 N–H and O–H groups in total. The van der Waals surface area contributed by atoms with Gasteiger partial charge in [-0.25, -0.2) is 0 Å². The monoisotopic (exact) mass is 368 g/mol. The second-order valence-corrected chi connectivity index (χ2v) is 6.21. The van der Waals surface area contributed by atoms with E-state index in [2.05, 4.69) is 15.5 Å². The molecule has 0 fully saturated rings. The van der Waals surface area contributed by atoms with Crippen molar-refractivity contribution in [2.45, 2.75) is 19.5 Å². The average Bonchev–Trinajstić information content (AvgIpc) is 3.01. The largest absolute Gasteiger partial charge is 0.497 e.